The summed E-state index contributed by atoms with van der Waals surface area (Å²) in [6.07, 6.45) is 1.61. The molecule has 0 saturated heterocycles. The number of aromatic nitrogens is 3. The summed E-state index contributed by atoms with van der Waals surface area (Å²) in [7, 11) is 1.85. The molecule has 0 fully saturated rings. The zero-order valence-electron chi connectivity index (χ0n) is 8.72. The minimum atomic E-state index is -0.350. The summed E-state index contributed by atoms with van der Waals surface area (Å²) in [5.41, 5.74) is 6.24. The van der Waals surface area contributed by atoms with Crippen LogP contribution in [0.4, 0.5) is 10.1 Å². The Morgan fingerprint density at radius 1 is 1.50 bits per heavy atom. The van der Waals surface area contributed by atoms with Crippen LogP contribution in [0.3, 0.4) is 0 Å². The molecule has 4 nitrogen and oxygen atoms in total. The van der Waals surface area contributed by atoms with Crippen LogP contribution in [0.2, 0.25) is 0 Å². The number of thioether (sulfide) groups is 1. The van der Waals surface area contributed by atoms with Gasteiger partial charge in [-0.3, -0.25) is 0 Å². The fourth-order valence-electron chi connectivity index (χ4n) is 1.26. The third-order valence-electron chi connectivity index (χ3n) is 2.14. The predicted molar refractivity (Wildman–Crippen MR) is 61.4 cm³/mol. The molecule has 0 unspecified atom stereocenters. The van der Waals surface area contributed by atoms with Gasteiger partial charge in [0.05, 0.1) is 5.69 Å². The maximum Gasteiger partial charge on any atom is 0.191 e. The van der Waals surface area contributed by atoms with Gasteiger partial charge in [0.2, 0.25) is 0 Å². The van der Waals surface area contributed by atoms with Gasteiger partial charge in [0.15, 0.2) is 5.16 Å². The maximum absolute atomic E-state index is 13.5. The molecule has 0 aliphatic carbocycles. The first-order valence-corrected chi connectivity index (χ1v) is 5.66. The van der Waals surface area contributed by atoms with Crippen LogP contribution in [0.1, 0.15) is 5.56 Å². The Bertz CT molecular complexity index is 497. The Balaban J connectivity index is 2.11. The lowest BCUT2D eigenvalue weighted by Gasteiger charge is -2.04. The van der Waals surface area contributed by atoms with E-state index in [0.717, 1.165) is 5.16 Å². The molecular weight excluding hydrogens is 227 g/mol. The Morgan fingerprint density at radius 2 is 2.31 bits per heavy atom. The first-order valence-electron chi connectivity index (χ1n) is 4.68. The van der Waals surface area contributed by atoms with Gasteiger partial charge in [-0.25, -0.2) is 4.39 Å². The lowest BCUT2D eigenvalue weighted by Crippen LogP contribution is -1.96. The quantitative estimate of drug-likeness (QED) is 0.654. The molecule has 0 spiro atoms. The summed E-state index contributed by atoms with van der Waals surface area (Å²) in [4.78, 5) is 0. The molecule has 0 radical (unpaired) electrons. The van der Waals surface area contributed by atoms with E-state index < -0.39 is 0 Å². The van der Waals surface area contributed by atoms with Crippen LogP contribution < -0.4 is 5.73 Å². The number of anilines is 1. The number of nitrogens with two attached hydrogens (primary N) is 1. The largest absolute Gasteiger partial charge is 0.396 e. The van der Waals surface area contributed by atoms with Gasteiger partial charge in [-0.15, -0.1) is 10.2 Å². The monoisotopic (exact) mass is 238 g/mol. The Morgan fingerprint density at radius 3 is 3.00 bits per heavy atom. The first kappa shape index (κ1) is 10.9. The highest BCUT2D eigenvalue weighted by molar-refractivity contribution is 7.98. The first-order chi connectivity index (χ1) is 7.68. The van der Waals surface area contributed by atoms with Gasteiger partial charge in [-0.05, 0) is 6.07 Å². The second kappa shape index (κ2) is 4.52. The average Bonchev–Trinajstić information content (AvgIpc) is 2.67. The lowest BCUT2D eigenvalue weighted by molar-refractivity contribution is 0.622. The van der Waals surface area contributed by atoms with Crippen molar-refractivity contribution in [2.45, 2.75) is 10.9 Å². The minimum Gasteiger partial charge on any atom is -0.396 e. The Labute approximate surface area is 96.7 Å². The SMILES string of the molecule is Cn1cnnc1SCc1cccc(N)c1F. The van der Waals surface area contributed by atoms with E-state index in [-0.39, 0.29) is 11.5 Å². The topological polar surface area (TPSA) is 56.7 Å². The zero-order valence-corrected chi connectivity index (χ0v) is 9.54. The average molecular weight is 238 g/mol. The third kappa shape index (κ3) is 2.16. The molecule has 1 aromatic carbocycles. The number of benzene rings is 1. The summed E-state index contributed by atoms with van der Waals surface area (Å²) in [6, 6.07) is 5.01. The van der Waals surface area contributed by atoms with E-state index in [0.29, 0.717) is 11.3 Å². The van der Waals surface area contributed by atoms with E-state index in [9.17, 15) is 4.39 Å². The molecule has 16 heavy (non-hydrogen) atoms. The van der Waals surface area contributed by atoms with Crippen molar-refractivity contribution in [3.05, 3.63) is 35.9 Å². The third-order valence-corrected chi connectivity index (χ3v) is 3.22. The van der Waals surface area contributed by atoms with E-state index in [1.54, 1.807) is 29.1 Å². The van der Waals surface area contributed by atoms with Crippen molar-refractivity contribution in [2.75, 3.05) is 5.73 Å². The second-order valence-corrected chi connectivity index (χ2v) is 4.28. The van der Waals surface area contributed by atoms with Crippen molar-refractivity contribution in [2.24, 2.45) is 7.05 Å². The van der Waals surface area contributed by atoms with E-state index in [2.05, 4.69) is 10.2 Å². The highest BCUT2D eigenvalue weighted by Gasteiger charge is 2.07. The van der Waals surface area contributed by atoms with Gasteiger partial charge < -0.3 is 10.3 Å². The highest BCUT2D eigenvalue weighted by Crippen LogP contribution is 2.23. The molecule has 2 N–H and O–H groups in total. The molecule has 2 rings (SSSR count). The van der Waals surface area contributed by atoms with Crippen molar-refractivity contribution < 1.29 is 4.39 Å². The van der Waals surface area contributed by atoms with E-state index >= 15 is 0 Å². The number of rotatable bonds is 3. The molecule has 0 saturated carbocycles. The van der Waals surface area contributed by atoms with Crippen LogP contribution in [-0.4, -0.2) is 14.8 Å². The van der Waals surface area contributed by atoms with Crippen LogP contribution in [-0.2, 0) is 12.8 Å². The number of nitrogens with zero attached hydrogens (tertiary/aromatic N) is 3. The molecule has 1 aromatic heterocycles. The Hall–Kier alpha value is -1.56. The number of hydrogen-bond donors (Lipinski definition) is 1. The zero-order chi connectivity index (χ0) is 11.5. The lowest BCUT2D eigenvalue weighted by atomic mass is 10.2. The predicted octanol–water partition coefficient (Wildman–Crippen LogP) is 1.83. The molecule has 0 atom stereocenters. The molecule has 2 aromatic rings. The number of halogens is 1. The van der Waals surface area contributed by atoms with Gasteiger partial charge in [-0.1, -0.05) is 23.9 Å². The number of aryl methyl sites for hydroxylation is 1. The Kier molecular flexibility index (Phi) is 3.09. The second-order valence-electron chi connectivity index (χ2n) is 3.33. The van der Waals surface area contributed by atoms with Crippen molar-refractivity contribution >= 4 is 17.4 Å². The molecule has 0 amide bonds. The van der Waals surface area contributed by atoms with Crippen molar-refractivity contribution in [1.82, 2.24) is 14.8 Å². The standard InChI is InChI=1S/C10H11FN4S/c1-15-6-13-14-10(15)16-5-7-3-2-4-8(12)9(7)11/h2-4,6H,5,12H2,1H3. The molecule has 0 aliphatic heterocycles. The van der Waals surface area contributed by atoms with Crippen molar-refractivity contribution in [3.63, 3.8) is 0 Å². The van der Waals surface area contributed by atoms with Crippen molar-refractivity contribution in [1.29, 1.82) is 0 Å². The highest BCUT2D eigenvalue weighted by atomic mass is 32.2. The molecule has 6 heteroatoms. The molecule has 1 heterocycles. The summed E-state index contributed by atoms with van der Waals surface area (Å²) < 4.78 is 15.3. The van der Waals surface area contributed by atoms with Gasteiger partial charge >= 0.3 is 0 Å². The molecule has 84 valence electrons. The van der Waals surface area contributed by atoms with E-state index in [1.807, 2.05) is 7.05 Å². The fraction of sp³-hybridized carbons (Fsp3) is 0.200. The summed E-state index contributed by atoms with van der Waals surface area (Å²) in [6.45, 7) is 0. The van der Waals surface area contributed by atoms with Gasteiger partial charge in [0, 0.05) is 18.4 Å². The van der Waals surface area contributed by atoms with Crippen LogP contribution in [0.25, 0.3) is 0 Å². The normalized spacial score (nSPS) is 10.6. The van der Waals surface area contributed by atoms with Crippen LogP contribution in [0.5, 0.6) is 0 Å². The number of hydrogen-bond acceptors (Lipinski definition) is 4. The smallest absolute Gasteiger partial charge is 0.191 e. The molecule has 0 aliphatic rings. The maximum atomic E-state index is 13.5. The van der Waals surface area contributed by atoms with E-state index in [4.69, 9.17) is 5.73 Å². The fourth-order valence-corrected chi connectivity index (χ4v) is 2.12. The van der Waals surface area contributed by atoms with Crippen LogP contribution in [0, 0.1) is 5.82 Å². The van der Waals surface area contributed by atoms with Gasteiger partial charge in [0.25, 0.3) is 0 Å². The summed E-state index contributed by atoms with van der Waals surface area (Å²) in [5, 5.41) is 8.40. The van der Waals surface area contributed by atoms with Crippen LogP contribution in [0.15, 0.2) is 29.7 Å². The van der Waals surface area contributed by atoms with Gasteiger partial charge in [0.1, 0.15) is 12.1 Å². The minimum absolute atomic E-state index is 0.177. The molecule has 0 bridgehead atoms. The van der Waals surface area contributed by atoms with Crippen LogP contribution >= 0.6 is 11.8 Å². The molecular formula is C10H11FN4S. The number of nitrogen functional groups attached to an aromatic ring is 1. The van der Waals surface area contributed by atoms with Crippen molar-refractivity contribution in [3.8, 4) is 0 Å². The van der Waals surface area contributed by atoms with Gasteiger partial charge in [-0.2, -0.15) is 0 Å². The van der Waals surface area contributed by atoms with E-state index in [1.165, 1.54) is 11.8 Å². The summed E-state index contributed by atoms with van der Waals surface area (Å²) >= 11 is 1.42. The summed E-state index contributed by atoms with van der Waals surface area (Å²) in [5.74, 6) is 0.140.